The van der Waals surface area contributed by atoms with E-state index in [0.29, 0.717) is 17.3 Å². The Balaban J connectivity index is 2.86. The molecule has 0 atom stereocenters. The summed E-state index contributed by atoms with van der Waals surface area (Å²) >= 11 is 5.86. The number of carbonyl (C=O) groups excluding carboxylic acids is 1. The van der Waals surface area contributed by atoms with Gasteiger partial charge in [-0.2, -0.15) is 0 Å². The number of carboxylic acid groups (broad SMARTS) is 1. The van der Waals surface area contributed by atoms with E-state index >= 15 is 0 Å². The molecule has 0 saturated carbocycles. The molecule has 5 nitrogen and oxygen atoms in total. The molecule has 0 unspecified atom stereocenters. The molecular formula is C13H19ClN2O3. The van der Waals surface area contributed by atoms with Gasteiger partial charge in [-0.1, -0.05) is 25.4 Å². The first kappa shape index (κ1) is 15.6. The summed E-state index contributed by atoms with van der Waals surface area (Å²) in [6.45, 7) is 4.70. The Morgan fingerprint density at radius 2 is 2.11 bits per heavy atom. The van der Waals surface area contributed by atoms with Crippen molar-refractivity contribution in [2.24, 2.45) is 13.0 Å². The zero-order valence-corrected chi connectivity index (χ0v) is 12.1. The molecule has 106 valence electrons. The van der Waals surface area contributed by atoms with Gasteiger partial charge >= 0.3 is 5.97 Å². The molecule has 0 aliphatic carbocycles. The number of amides is 1. The van der Waals surface area contributed by atoms with Gasteiger partial charge in [-0.15, -0.1) is 0 Å². The molecule has 0 aliphatic rings. The lowest BCUT2D eigenvalue weighted by atomic mass is 10.2. The number of aryl methyl sites for hydroxylation is 1. The largest absolute Gasteiger partial charge is 0.481 e. The zero-order valence-electron chi connectivity index (χ0n) is 11.4. The number of nitrogens with zero attached hydrogens (tertiary/aromatic N) is 2. The summed E-state index contributed by atoms with van der Waals surface area (Å²) in [5.41, 5.74) is 0.469. The molecule has 19 heavy (non-hydrogen) atoms. The molecule has 0 spiro atoms. The van der Waals surface area contributed by atoms with Crippen LogP contribution in [0.25, 0.3) is 0 Å². The summed E-state index contributed by atoms with van der Waals surface area (Å²) < 4.78 is 1.65. The number of hydrogen-bond donors (Lipinski definition) is 1. The third kappa shape index (κ3) is 4.59. The predicted octanol–water partition coefficient (Wildman–Crippen LogP) is 2.25. The van der Waals surface area contributed by atoms with Gasteiger partial charge in [-0.05, 0) is 12.0 Å². The highest BCUT2D eigenvalue weighted by Gasteiger charge is 2.20. The Morgan fingerprint density at radius 3 is 2.53 bits per heavy atom. The van der Waals surface area contributed by atoms with Crippen LogP contribution in [-0.2, 0) is 11.8 Å². The minimum atomic E-state index is -0.911. The number of carboxylic acids is 1. The fraction of sp³-hybridized carbons (Fsp3) is 0.538. The highest BCUT2D eigenvalue weighted by molar-refractivity contribution is 6.31. The maximum Gasteiger partial charge on any atom is 0.305 e. The van der Waals surface area contributed by atoms with E-state index < -0.39 is 5.97 Å². The van der Waals surface area contributed by atoms with Crippen molar-refractivity contribution in [1.82, 2.24) is 9.47 Å². The number of rotatable bonds is 6. The lowest BCUT2D eigenvalue weighted by molar-refractivity contribution is -0.137. The Labute approximate surface area is 117 Å². The van der Waals surface area contributed by atoms with E-state index in [0.717, 1.165) is 0 Å². The second-order valence-electron chi connectivity index (χ2n) is 4.94. The monoisotopic (exact) mass is 286 g/mol. The van der Waals surface area contributed by atoms with Crippen LogP contribution in [0.1, 0.15) is 30.8 Å². The van der Waals surface area contributed by atoms with E-state index in [4.69, 9.17) is 16.7 Å². The third-order valence-corrected chi connectivity index (χ3v) is 2.87. The van der Waals surface area contributed by atoms with Gasteiger partial charge in [0.2, 0.25) is 0 Å². The van der Waals surface area contributed by atoms with Crippen molar-refractivity contribution in [1.29, 1.82) is 0 Å². The minimum absolute atomic E-state index is 0.0589. The first-order valence-corrected chi connectivity index (χ1v) is 6.52. The molecule has 0 bridgehead atoms. The Morgan fingerprint density at radius 1 is 1.47 bits per heavy atom. The molecule has 1 amide bonds. The van der Waals surface area contributed by atoms with E-state index in [9.17, 15) is 9.59 Å². The Hall–Kier alpha value is -1.49. The van der Waals surface area contributed by atoms with Crippen LogP contribution >= 0.6 is 11.6 Å². The van der Waals surface area contributed by atoms with Gasteiger partial charge < -0.3 is 14.6 Å². The molecule has 1 rings (SSSR count). The van der Waals surface area contributed by atoms with Crippen molar-refractivity contribution in [2.45, 2.75) is 20.3 Å². The normalized spacial score (nSPS) is 10.8. The maximum absolute atomic E-state index is 12.4. The van der Waals surface area contributed by atoms with Crippen LogP contribution in [0.2, 0.25) is 5.02 Å². The molecule has 6 heteroatoms. The molecule has 0 saturated heterocycles. The predicted molar refractivity (Wildman–Crippen MR) is 73.4 cm³/mol. The minimum Gasteiger partial charge on any atom is -0.481 e. The first-order valence-electron chi connectivity index (χ1n) is 6.14. The number of carbonyl (C=O) groups is 2. The van der Waals surface area contributed by atoms with E-state index in [1.807, 2.05) is 13.8 Å². The summed E-state index contributed by atoms with van der Waals surface area (Å²) in [4.78, 5) is 24.6. The maximum atomic E-state index is 12.4. The molecule has 0 fully saturated rings. The van der Waals surface area contributed by atoms with E-state index in [1.165, 1.54) is 0 Å². The second-order valence-corrected chi connectivity index (χ2v) is 5.38. The van der Waals surface area contributed by atoms with Crippen molar-refractivity contribution >= 4 is 23.5 Å². The Bertz CT molecular complexity index is 468. The van der Waals surface area contributed by atoms with E-state index in [1.54, 1.807) is 28.8 Å². The van der Waals surface area contributed by atoms with Crippen molar-refractivity contribution in [3.05, 3.63) is 23.0 Å². The van der Waals surface area contributed by atoms with Crippen molar-refractivity contribution in [2.75, 3.05) is 13.1 Å². The molecular weight excluding hydrogens is 268 g/mol. The smallest absolute Gasteiger partial charge is 0.305 e. The van der Waals surface area contributed by atoms with Gasteiger partial charge in [-0.25, -0.2) is 0 Å². The van der Waals surface area contributed by atoms with Gasteiger partial charge in [0.05, 0.1) is 11.4 Å². The third-order valence-electron chi connectivity index (χ3n) is 2.66. The fourth-order valence-corrected chi connectivity index (χ4v) is 2.10. The summed E-state index contributed by atoms with van der Waals surface area (Å²) in [5, 5.41) is 9.24. The van der Waals surface area contributed by atoms with Gasteiger partial charge in [0.25, 0.3) is 5.91 Å². The van der Waals surface area contributed by atoms with Crippen molar-refractivity contribution in [3.63, 3.8) is 0 Å². The molecule has 1 N–H and O–H groups in total. The first-order chi connectivity index (χ1) is 8.81. The number of halogens is 1. The lowest BCUT2D eigenvalue weighted by Crippen LogP contribution is -2.36. The van der Waals surface area contributed by atoms with E-state index in [2.05, 4.69) is 0 Å². The highest BCUT2D eigenvalue weighted by atomic mass is 35.5. The molecule has 0 radical (unpaired) electrons. The van der Waals surface area contributed by atoms with Gasteiger partial charge in [0.1, 0.15) is 5.69 Å². The van der Waals surface area contributed by atoms with Crippen LogP contribution in [0.15, 0.2) is 12.3 Å². The molecule has 1 heterocycles. The van der Waals surface area contributed by atoms with Crippen molar-refractivity contribution in [3.8, 4) is 0 Å². The van der Waals surface area contributed by atoms with Crippen molar-refractivity contribution < 1.29 is 14.7 Å². The number of hydrogen-bond acceptors (Lipinski definition) is 2. The van der Waals surface area contributed by atoms with Gasteiger partial charge in [-0.3, -0.25) is 9.59 Å². The summed E-state index contributed by atoms with van der Waals surface area (Å²) in [5.74, 6) is -0.829. The molecule has 1 aromatic rings. The summed E-state index contributed by atoms with van der Waals surface area (Å²) in [7, 11) is 1.74. The van der Waals surface area contributed by atoms with Gasteiger partial charge in [0, 0.05) is 26.3 Å². The quantitative estimate of drug-likeness (QED) is 0.872. The summed E-state index contributed by atoms with van der Waals surface area (Å²) in [6, 6.07) is 1.60. The van der Waals surface area contributed by atoms with Crippen LogP contribution in [0.4, 0.5) is 0 Å². The van der Waals surface area contributed by atoms with Crippen LogP contribution in [0, 0.1) is 5.92 Å². The SMILES string of the molecule is CC(C)CN(CCC(=O)O)C(=O)c1cc(Cl)cn1C. The zero-order chi connectivity index (χ0) is 14.6. The molecule has 0 aromatic carbocycles. The van der Waals surface area contributed by atoms with Crippen LogP contribution < -0.4 is 0 Å². The second kappa shape index (κ2) is 6.61. The molecule has 0 aliphatic heterocycles. The molecule has 1 aromatic heterocycles. The lowest BCUT2D eigenvalue weighted by Gasteiger charge is -2.24. The average Bonchev–Trinajstić information content (AvgIpc) is 2.62. The topological polar surface area (TPSA) is 62.5 Å². The highest BCUT2D eigenvalue weighted by Crippen LogP contribution is 2.15. The van der Waals surface area contributed by atoms with Gasteiger partial charge in [0.15, 0.2) is 0 Å². The van der Waals surface area contributed by atoms with Crippen LogP contribution in [0.3, 0.4) is 0 Å². The summed E-state index contributed by atoms with van der Waals surface area (Å²) in [6.07, 6.45) is 1.59. The van der Waals surface area contributed by atoms with Crippen LogP contribution in [-0.4, -0.2) is 39.5 Å². The van der Waals surface area contributed by atoms with Crippen LogP contribution in [0.5, 0.6) is 0 Å². The number of aromatic nitrogens is 1. The Kier molecular flexibility index (Phi) is 5.42. The number of aliphatic carboxylic acids is 1. The van der Waals surface area contributed by atoms with E-state index in [-0.39, 0.29) is 24.8 Å². The standard InChI is InChI=1S/C13H19ClN2O3/c1-9(2)7-16(5-4-12(17)18)13(19)11-6-10(14)8-15(11)3/h6,8-9H,4-5,7H2,1-3H3,(H,17,18). The average molecular weight is 287 g/mol. The fourth-order valence-electron chi connectivity index (χ4n) is 1.85.